The summed E-state index contributed by atoms with van der Waals surface area (Å²) >= 11 is 0. The van der Waals surface area contributed by atoms with Gasteiger partial charge in [0.25, 0.3) is 5.91 Å². The molecule has 112 valence electrons. The molecule has 1 aliphatic heterocycles. The van der Waals surface area contributed by atoms with Crippen LogP contribution in [-0.4, -0.2) is 38.3 Å². The van der Waals surface area contributed by atoms with E-state index in [1.165, 1.54) is 0 Å². The van der Waals surface area contributed by atoms with Gasteiger partial charge in [-0.25, -0.2) is 0 Å². The standard InChI is InChI=1S/C15H22N2O2.ClH/c1-12-4-6-13(7-5-12)14(18)16-10-15(11-19-2)8-3-9-17-15;/h4-7,17H,3,8-11H2,1-2H3,(H,16,18);1H. The van der Waals surface area contributed by atoms with Gasteiger partial charge >= 0.3 is 0 Å². The van der Waals surface area contributed by atoms with Crippen molar-refractivity contribution in [2.24, 2.45) is 0 Å². The van der Waals surface area contributed by atoms with Crippen molar-refractivity contribution < 1.29 is 9.53 Å². The maximum atomic E-state index is 12.1. The molecule has 1 saturated heterocycles. The minimum absolute atomic E-state index is 0. The zero-order valence-corrected chi connectivity index (χ0v) is 12.9. The van der Waals surface area contributed by atoms with E-state index in [4.69, 9.17) is 4.74 Å². The fourth-order valence-corrected chi connectivity index (χ4v) is 2.53. The molecule has 0 aromatic heterocycles. The van der Waals surface area contributed by atoms with Crippen molar-refractivity contribution in [3.63, 3.8) is 0 Å². The average molecular weight is 299 g/mol. The quantitative estimate of drug-likeness (QED) is 0.873. The summed E-state index contributed by atoms with van der Waals surface area (Å²) in [7, 11) is 1.70. The number of halogens is 1. The minimum atomic E-state index is -0.102. The van der Waals surface area contributed by atoms with E-state index < -0.39 is 0 Å². The van der Waals surface area contributed by atoms with Crippen molar-refractivity contribution in [1.82, 2.24) is 10.6 Å². The van der Waals surface area contributed by atoms with Gasteiger partial charge in [0.1, 0.15) is 0 Å². The molecule has 0 radical (unpaired) electrons. The van der Waals surface area contributed by atoms with Gasteiger partial charge in [-0.3, -0.25) is 4.79 Å². The number of hydrogen-bond donors (Lipinski definition) is 2. The van der Waals surface area contributed by atoms with Gasteiger partial charge in [0, 0.05) is 19.2 Å². The number of methoxy groups -OCH3 is 1. The van der Waals surface area contributed by atoms with Gasteiger partial charge in [-0.15, -0.1) is 12.4 Å². The molecule has 0 spiro atoms. The normalized spacial score (nSPS) is 21.3. The number of nitrogens with one attached hydrogen (secondary N) is 2. The molecule has 1 fully saturated rings. The second-order valence-electron chi connectivity index (χ2n) is 5.29. The smallest absolute Gasteiger partial charge is 0.251 e. The van der Waals surface area contributed by atoms with Crippen LogP contribution < -0.4 is 10.6 Å². The van der Waals surface area contributed by atoms with Crippen LogP contribution in [0.3, 0.4) is 0 Å². The Kier molecular flexibility index (Phi) is 6.46. The molecule has 1 atom stereocenters. The largest absolute Gasteiger partial charge is 0.383 e. The van der Waals surface area contributed by atoms with E-state index in [0.717, 1.165) is 24.9 Å². The summed E-state index contributed by atoms with van der Waals surface area (Å²) in [5.41, 5.74) is 1.76. The van der Waals surface area contributed by atoms with Gasteiger partial charge < -0.3 is 15.4 Å². The summed E-state index contributed by atoms with van der Waals surface area (Å²) in [5, 5.41) is 6.45. The van der Waals surface area contributed by atoms with E-state index >= 15 is 0 Å². The fourth-order valence-electron chi connectivity index (χ4n) is 2.53. The molecular weight excluding hydrogens is 276 g/mol. The molecule has 1 aliphatic rings. The third kappa shape index (κ3) is 4.20. The Morgan fingerprint density at radius 1 is 1.40 bits per heavy atom. The average Bonchev–Trinajstić information content (AvgIpc) is 2.86. The summed E-state index contributed by atoms with van der Waals surface area (Å²) < 4.78 is 5.27. The van der Waals surface area contributed by atoms with E-state index in [-0.39, 0.29) is 23.9 Å². The van der Waals surface area contributed by atoms with Crippen LogP contribution in [0.4, 0.5) is 0 Å². The number of ether oxygens (including phenoxy) is 1. The highest BCUT2D eigenvalue weighted by molar-refractivity contribution is 5.94. The van der Waals surface area contributed by atoms with Crippen molar-refractivity contribution in [2.45, 2.75) is 25.3 Å². The van der Waals surface area contributed by atoms with Gasteiger partial charge in [-0.05, 0) is 38.4 Å². The van der Waals surface area contributed by atoms with Gasteiger partial charge in [0.15, 0.2) is 0 Å². The molecule has 0 aliphatic carbocycles. The number of hydrogen-bond acceptors (Lipinski definition) is 3. The second kappa shape index (κ2) is 7.62. The van der Waals surface area contributed by atoms with E-state index in [2.05, 4.69) is 10.6 Å². The highest BCUT2D eigenvalue weighted by Gasteiger charge is 2.33. The van der Waals surface area contributed by atoms with Gasteiger partial charge in [-0.2, -0.15) is 0 Å². The highest BCUT2D eigenvalue weighted by atomic mass is 35.5. The Bertz CT molecular complexity index is 428. The van der Waals surface area contributed by atoms with Gasteiger partial charge in [0.05, 0.1) is 12.1 Å². The van der Waals surface area contributed by atoms with Crippen LogP contribution in [-0.2, 0) is 4.74 Å². The second-order valence-corrected chi connectivity index (χ2v) is 5.29. The van der Waals surface area contributed by atoms with Gasteiger partial charge in [-0.1, -0.05) is 17.7 Å². The molecule has 1 aromatic rings. The van der Waals surface area contributed by atoms with Crippen LogP contribution in [0.5, 0.6) is 0 Å². The van der Waals surface area contributed by atoms with E-state index in [0.29, 0.717) is 18.7 Å². The fraction of sp³-hybridized carbons (Fsp3) is 0.533. The predicted molar refractivity (Wildman–Crippen MR) is 82.6 cm³/mol. The highest BCUT2D eigenvalue weighted by Crippen LogP contribution is 2.19. The van der Waals surface area contributed by atoms with E-state index in [1.54, 1.807) is 7.11 Å². The van der Waals surface area contributed by atoms with Crippen molar-refractivity contribution in [2.75, 3.05) is 26.8 Å². The molecule has 20 heavy (non-hydrogen) atoms. The SMILES string of the molecule is COCC1(CNC(=O)c2ccc(C)cc2)CCCN1.Cl. The molecule has 1 aromatic carbocycles. The molecule has 1 unspecified atom stereocenters. The number of amides is 1. The molecule has 1 heterocycles. The topological polar surface area (TPSA) is 50.4 Å². The molecule has 4 nitrogen and oxygen atoms in total. The molecular formula is C15H23ClN2O2. The first-order valence-corrected chi connectivity index (χ1v) is 6.74. The number of aryl methyl sites for hydroxylation is 1. The van der Waals surface area contributed by atoms with E-state index in [9.17, 15) is 4.79 Å². The Morgan fingerprint density at radius 2 is 2.10 bits per heavy atom. The van der Waals surface area contributed by atoms with Crippen LogP contribution in [0.15, 0.2) is 24.3 Å². The monoisotopic (exact) mass is 298 g/mol. The summed E-state index contributed by atoms with van der Waals surface area (Å²) in [6, 6.07) is 7.62. The first kappa shape index (κ1) is 17.0. The molecule has 2 rings (SSSR count). The Balaban J connectivity index is 0.00000200. The van der Waals surface area contributed by atoms with Crippen LogP contribution in [0.2, 0.25) is 0 Å². The van der Waals surface area contributed by atoms with Crippen molar-refractivity contribution in [3.05, 3.63) is 35.4 Å². The molecule has 1 amide bonds. The number of benzene rings is 1. The third-order valence-electron chi connectivity index (χ3n) is 3.65. The summed E-state index contributed by atoms with van der Waals surface area (Å²) in [4.78, 5) is 12.1. The molecule has 0 bridgehead atoms. The lowest BCUT2D eigenvalue weighted by Crippen LogP contribution is -2.52. The van der Waals surface area contributed by atoms with Crippen LogP contribution in [0.1, 0.15) is 28.8 Å². The van der Waals surface area contributed by atoms with Crippen molar-refractivity contribution >= 4 is 18.3 Å². The molecule has 5 heteroatoms. The van der Waals surface area contributed by atoms with E-state index in [1.807, 2.05) is 31.2 Å². The minimum Gasteiger partial charge on any atom is -0.383 e. The number of carbonyl (C=O) groups excluding carboxylic acids is 1. The van der Waals surface area contributed by atoms with Gasteiger partial charge in [0.2, 0.25) is 0 Å². The van der Waals surface area contributed by atoms with Crippen LogP contribution in [0, 0.1) is 6.92 Å². The number of rotatable bonds is 5. The summed E-state index contributed by atoms with van der Waals surface area (Å²) in [6.07, 6.45) is 2.17. The number of carbonyl (C=O) groups is 1. The maximum absolute atomic E-state index is 12.1. The van der Waals surface area contributed by atoms with Crippen LogP contribution in [0.25, 0.3) is 0 Å². The Hall–Kier alpha value is -1.10. The lowest BCUT2D eigenvalue weighted by atomic mass is 9.98. The zero-order valence-electron chi connectivity index (χ0n) is 12.1. The molecule has 0 saturated carbocycles. The zero-order chi connectivity index (χ0) is 13.7. The summed E-state index contributed by atoms with van der Waals surface area (Å²) in [6.45, 7) is 4.23. The van der Waals surface area contributed by atoms with Crippen LogP contribution >= 0.6 is 12.4 Å². The Morgan fingerprint density at radius 3 is 2.65 bits per heavy atom. The maximum Gasteiger partial charge on any atom is 0.251 e. The molecule has 2 N–H and O–H groups in total. The summed E-state index contributed by atoms with van der Waals surface area (Å²) in [5.74, 6) is -0.0239. The lowest BCUT2D eigenvalue weighted by Gasteiger charge is -2.28. The Labute approximate surface area is 126 Å². The lowest BCUT2D eigenvalue weighted by molar-refractivity contribution is 0.0892. The predicted octanol–water partition coefficient (Wildman–Crippen LogP) is 1.92. The third-order valence-corrected chi connectivity index (χ3v) is 3.65. The van der Waals surface area contributed by atoms with Crippen molar-refractivity contribution in [1.29, 1.82) is 0 Å². The van der Waals surface area contributed by atoms with Crippen molar-refractivity contribution in [3.8, 4) is 0 Å². The first-order chi connectivity index (χ1) is 9.15. The first-order valence-electron chi connectivity index (χ1n) is 6.74.